The third-order valence-corrected chi connectivity index (χ3v) is 3.29. The van der Waals surface area contributed by atoms with Crippen LogP contribution in [0.3, 0.4) is 0 Å². The molecular weight excluding hydrogens is 294 g/mol. The molecule has 6 heteroatoms. The fourth-order valence-electron chi connectivity index (χ4n) is 1.88. The summed E-state index contributed by atoms with van der Waals surface area (Å²) in [5.74, 6) is 0.400. The number of methoxy groups -OCH3 is 1. The number of hydrogen-bond donors (Lipinski definition) is 2. The maximum Gasteiger partial charge on any atom is 0.255 e. The van der Waals surface area contributed by atoms with Crippen molar-refractivity contribution >= 4 is 17.5 Å². The SMILES string of the molecule is COc1ccc(Cl)cc1C(=O)NC[C@](C)(O)c1ccco1. The van der Waals surface area contributed by atoms with Crippen LogP contribution in [-0.2, 0) is 5.60 Å². The summed E-state index contributed by atoms with van der Waals surface area (Å²) in [7, 11) is 1.47. The number of rotatable bonds is 5. The van der Waals surface area contributed by atoms with Gasteiger partial charge in [0.2, 0.25) is 0 Å². The Kier molecular flexibility index (Phi) is 4.55. The van der Waals surface area contributed by atoms with E-state index in [4.69, 9.17) is 20.8 Å². The van der Waals surface area contributed by atoms with Gasteiger partial charge in [0.05, 0.1) is 25.5 Å². The molecule has 2 rings (SSSR count). The molecule has 0 aliphatic heterocycles. The van der Waals surface area contributed by atoms with Gasteiger partial charge in [0.15, 0.2) is 0 Å². The van der Waals surface area contributed by atoms with Gasteiger partial charge in [0.1, 0.15) is 17.1 Å². The minimum Gasteiger partial charge on any atom is -0.496 e. The van der Waals surface area contributed by atoms with Gasteiger partial charge in [-0.3, -0.25) is 4.79 Å². The van der Waals surface area contributed by atoms with Crippen molar-refractivity contribution in [3.63, 3.8) is 0 Å². The molecule has 112 valence electrons. The first-order valence-corrected chi connectivity index (χ1v) is 6.70. The molecule has 1 aromatic carbocycles. The second-order valence-corrected chi connectivity index (χ2v) is 5.21. The summed E-state index contributed by atoms with van der Waals surface area (Å²) in [5, 5.41) is 13.4. The predicted octanol–water partition coefficient (Wildman–Crippen LogP) is 2.58. The maximum absolute atomic E-state index is 12.2. The average Bonchev–Trinajstić information content (AvgIpc) is 3.00. The molecule has 0 radical (unpaired) electrons. The molecule has 0 unspecified atom stereocenters. The molecule has 2 N–H and O–H groups in total. The Morgan fingerprint density at radius 2 is 2.24 bits per heavy atom. The predicted molar refractivity (Wildman–Crippen MR) is 78.6 cm³/mol. The summed E-state index contributed by atoms with van der Waals surface area (Å²) in [4.78, 5) is 12.2. The third-order valence-electron chi connectivity index (χ3n) is 3.05. The zero-order valence-corrected chi connectivity index (χ0v) is 12.5. The number of nitrogens with one attached hydrogen (secondary N) is 1. The zero-order valence-electron chi connectivity index (χ0n) is 11.7. The number of carbonyl (C=O) groups excluding carboxylic acids is 1. The highest BCUT2D eigenvalue weighted by atomic mass is 35.5. The molecule has 0 saturated carbocycles. The molecule has 2 aromatic rings. The molecule has 0 bridgehead atoms. The van der Waals surface area contributed by atoms with Crippen molar-refractivity contribution in [1.29, 1.82) is 0 Å². The summed E-state index contributed by atoms with van der Waals surface area (Å²) in [6, 6.07) is 8.08. The fourth-order valence-corrected chi connectivity index (χ4v) is 2.05. The van der Waals surface area contributed by atoms with Gasteiger partial charge in [-0.15, -0.1) is 0 Å². The highest BCUT2D eigenvalue weighted by Crippen LogP contribution is 2.24. The van der Waals surface area contributed by atoms with Crippen LogP contribution in [0.2, 0.25) is 5.02 Å². The number of aliphatic hydroxyl groups is 1. The summed E-state index contributed by atoms with van der Waals surface area (Å²) < 4.78 is 10.3. The molecule has 1 atom stereocenters. The van der Waals surface area contributed by atoms with E-state index in [1.807, 2.05) is 0 Å². The molecule has 5 nitrogen and oxygen atoms in total. The van der Waals surface area contributed by atoms with E-state index in [0.717, 1.165) is 0 Å². The standard InChI is InChI=1S/C15H16ClNO4/c1-15(19,13-4-3-7-21-13)9-17-14(18)11-8-10(16)5-6-12(11)20-2/h3-8,19H,9H2,1-2H3,(H,17,18)/t15-/m0/s1. The van der Waals surface area contributed by atoms with Crippen LogP contribution >= 0.6 is 11.6 Å². The van der Waals surface area contributed by atoms with E-state index >= 15 is 0 Å². The Morgan fingerprint density at radius 1 is 1.48 bits per heavy atom. The Hall–Kier alpha value is -1.98. The molecule has 0 fully saturated rings. The van der Waals surface area contributed by atoms with Crippen LogP contribution in [0.1, 0.15) is 23.0 Å². The first-order chi connectivity index (χ1) is 9.94. The van der Waals surface area contributed by atoms with Gasteiger partial charge in [-0.2, -0.15) is 0 Å². The largest absolute Gasteiger partial charge is 0.496 e. The summed E-state index contributed by atoms with van der Waals surface area (Å²) >= 11 is 5.89. The van der Waals surface area contributed by atoms with E-state index in [1.54, 1.807) is 31.2 Å². The highest BCUT2D eigenvalue weighted by Gasteiger charge is 2.27. The fraction of sp³-hybridized carbons (Fsp3) is 0.267. The van der Waals surface area contributed by atoms with Crippen LogP contribution in [0.4, 0.5) is 0 Å². The first-order valence-electron chi connectivity index (χ1n) is 6.32. The minimum atomic E-state index is -1.30. The molecule has 1 aromatic heterocycles. The number of halogens is 1. The number of hydrogen-bond acceptors (Lipinski definition) is 4. The Labute approximate surface area is 127 Å². The quantitative estimate of drug-likeness (QED) is 0.890. The number of benzene rings is 1. The van der Waals surface area contributed by atoms with Crippen molar-refractivity contribution in [3.8, 4) is 5.75 Å². The normalized spacial score (nSPS) is 13.5. The van der Waals surface area contributed by atoms with Crippen molar-refractivity contribution < 1.29 is 19.1 Å². The van der Waals surface area contributed by atoms with Gasteiger partial charge >= 0.3 is 0 Å². The number of amides is 1. The van der Waals surface area contributed by atoms with Crippen molar-refractivity contribution in [2.24, 2.45) is 0 Å². The van der Waals surface area contributed by atoms with Gasteiger partial charge in [-0.05, 0) is 37.3 Å². The van der Waals surface area contributed by atoms with Gasteiger partial charge in [0.25, 0.3) is 5.91 Å². The van der Waals surface area contributed by atoms with Crippen molar-refractivity contribution in [2.45, 2.75) is 12.5 Å². The lowest BCUT2D eigenvalue weighted by Crippen LogP contribution is -2.38. The summed E-state index contributed by atoms with van der Waals surface area (Å²) in [5.41, 5.74) is -0.995. The molecule has 0 spiro atoms. The summed E-state index contributed by atoms with van der Waals surface area (Å²) in [6.07, 6.45) is 1.46. The van der Waals surface area contributed by atoms with Crippen LogP contribution in [0.25, 0.3) is 0 Å². The number of furan rings is 1. The van der Waals surface area contributed by atoms with Gasteiger partial charge in [-0.25, -0.2) is 0 Å². The number of carbonyl (C=O) groups is 1. The van der Waals surface area contributed by atoms with Crippen LogP contribution in [-0.4, -0.2) is 24.7 Å². The van der Waals surface area contributed by atoms with E-state index in [-0.39, 0.29) is 12.5 Å². The lowest BCUT2D eigenvalue weighted by Gasteiger charge is -2.21. The molecule has 1 heterocycles. The van der Waals surface area contributed by atoms with E-state index in [0.29, 0.717) is 22.1 Å². The van der Waals surface area contributed by atoms with E-state index in [9.17, 15) is 9.90 Å². The lowest BCUT2D eigenvalue weighted by molar-refractivity contribution is 0.0330. The van der Waals surface area contributed by atoms with Crippen LogP contribution in [0, 0.1) is 0 Å². The number of ether oxygens (including phenoxy) is 1. The van der Waals surface area contributed by atoms with Crippen LogP contribution in [0.5, 0.6) is 5.75 Å². The van der Waals surface area contributed by atoms with Crippen LogP contribution in [0.15, 0.2) is 41.0 Å². The molecule has 0 saturated heterocycles. The van der Waals surface area contributed by atoms with Crippen LogP contribution < -0.4 is 10.1 Å². The minimum absolute atomic E-state index is 0.00495. The zero-order chi connectivity index (χ0) is 15.5. The second kappa shape index (κ2) is 6.20. The van der Waals surface area contributed by atoms with Crippen molar-refractivity contribution in [2.75, 3.05) is 13.7 Å². The van der Waals surface area contributed by atoms with Crippen molar-refractivity contribution in [3.05, 3.63) is 52.9 Å². The van der Waals surface area contributed by atoms with E-state index < -0.39 is 5.60 Å². The molecule has 21 heavy (non-hydrogen) atoms. The van der Waals surface area contributed by atoms with E-state index in [2.05, 4.69) is 5.32 Å². The van der Waals surface area contributed by atoms with Gasteiger partial charge < -0.3 is 19.6 Å². The van der Waals surface area contributed by atoms with E-state index in [1.165, 1.54) is 19.4 Å². The summed E-state index contributed by atoms with van der Waals surface area (Å²) in [6.45, 7) is 1.55. The molecular formula is C15H16ClNO4. The highest BCUT2D eigenvalue weighted by molar-refractivity contribution is 6.31. The Morgan fingerprint density at radius 3 is 2.86 bits per heavy atom. The lowest BCUT2D eigenvalue weighted by atomic mass is 10.0. The molecule has 0 aliphatic rings. The smallest absolute Gasteiger partial charge is 0.255 e. The Balaban J connectivity index is 2.10. The first kappa shape index (κ1) is 15.4. The molecule has 0 aliphatic carbocycles. The maximum atomic E-state index is 12.2. The van der Waals surface area contributed by atoms with Gasteiger partial charge in [-0.1, -0.05) is 11.6 Å². The third kappa shape index (κ3) is 3.56. The monoisotopic (exact) mass is 309 g/mol. The average molecular weight is 310 g/mol. The Bertz CT molecular complexity index is 623. The van der Waals surface area contributed by atoms with Crippen molar-refractivity contribution in [1.82, 2.24) is 5.32 Å². The van der Waals surface area contributed by atoms with Gasteiger partial charge in [0, 0.05) is 5.02 Å². The second-order valence-electron chi connectivity index (χ2n) is 4.78. The molecule has 1 amide bonds. The topological polar surface area (TPSA) is 71.7 Å².